The number of nitro groups is 1. The third-order valence-electron chi connectivity index (χ3n) is 4.64. The van der Waals surface area contributed by atoms with Gasteiger partial charge in [0.1, 0.15) is 5.82 Å². The molecule has 37 heavy (non-hydrogen) atoms. The van der Waals surface area contributed by atoms with Crippen molar-refractivity contribution in [2.75, 3.05) is 10.0 Å². The molecular weight excluding hydrogens is 533 g/mol. The van der Waals surface area contributed by atoms with Gasteiger partial charge in [0, 0.05) is 24.0 Å². The fourth-order valence-electron chi connectivity index (χ4n) is 2.92. The minimum absolute atomic E-state index is 0.0166. The predicted molar refractivity (Wildman–Crippen MR) is 128 cm³/mol. The highest BCUT2D eigenvalue weighted by atomic mass is 35.5. The van der Waals surface area contributed by atoms with Crippen molar-refractivity contribution in [3.8, 4) is 5.75 Å². The van der Waals surface area contributed by atoms with Gasteiger partial charge in [-0.25, -0.2) is 17.5 Å². The fourth-order valence-corrected chi connectivity index (χ4v) is 4.02. The summed E-state index contributed by atoms with van der Waals surface area (Å²) in [5.41, 5.74) is -0.151. The molecule has 0 radical (unpaired) electrons. The average molecular weight is 548 g/mol. The van der Waals surface area contributed by atoms with E-state index in [0.29, 0.717) is 0 Å². The van der Waals surface area contributed by atoms with Gasteiger partial charge in [-0.2, -0.15) is 5.10 Å². The fraction of sp³-hybridized carbons (Fsp3) is 0.0476. The number of nitrogens with one attached hydrogen (secondary N) is 2. The topological polar surface area (TPSA) is 171 Å². The highest BCUT2D eigenvalue weighted by molar-refractivity contribution is 7.92. The monoisotopic (exact) mass is 547 g/mol. The van der Waals surface area contributed by atoms with Gasteiger partial charge in [-0.15, -0.1) is 10.2 Å². The van der Waals surface area contributed by atoms with Gasteiger partial charge in [-0.3, -0.25) is 19.6 Å². The molecule has 0 aliphatic rings. The summed E-state index contributed by atoms with van der Waals surface area (Å²) in [6.45, 7) is -0.324. The summed E-state index contributed by atoms with van der Waals surface area (Å²) in [4.78, 5) is 22.8. The quantitative estimate of drug-likeness (QED) is 0.235. The molecule has 0 atom stereocenters. The number of nitrogens with zero attached hydrogens (tertiary/aromatic N) is 5. The Morgan fingerprint density at radius 1 is 1.11 bits per heavy atom. The minimum Gasteiger partial charge on any atom is -0.464 e. The van der Waals surface area contributed by atoms with Crippen LogP contribution in [0.4, 0.5) is 21.6 Å². The summed E-state index contributed by atoms with van der Waals surface area (Å²) in [6.07, 6.45) is 1.39. The van der Waals surface area contributed by atoms with Gasteiger partial charge in [0.15, 0.2) is 23.4 Å². The molecule has 2 aromatic carbocycles. The minimum atomic E-state index is -3.96. The lowest BCUT2D eigenvalue weighted by Gasteiger charge is -2.08. The maximum atomic E-state index is 13.4. The van der Waals surface area contributed by atoms with E-state index in [1.54, 1.807) is 0 Å². The molecule has 4 aromatic rings. The molecule has 4 rings (SSSR count). The molecule has 16 heteroatoms. The Morgan fingerprint density at radius 3 is 2.54 bits per heavy atom. The largest absolute Gasteiger partial charge is 0.464 e. The van der Waals surface area contributed by atoms with Gasteiger partial charge in [0.05, 0.1) is 9.82 Å². The van der Waals surface area contributed by atoms with E-state index in [1.165, 1.54) is 53.3 Å². The van der Waals surface area contributed by atoms with Gasteiger partial charge in [0.2, 0.25) is 5.75 Å². The molecule has 2 N–H and O–H groups in total. The van der Waals surface area contributed by atoms with Crippen LogP contribution in [0, 0.1) is 15.9 Å². The van der Waals surface area contributed by atoms with Crippen LogP contribution in [0.3, 0.4) is 0 Å². The van der Waals surface area contributed by atoms with Crippen LogP contribution in [0.2, 0.25) is 5.15 Å². The van der Waals surface area contributed by atoms with Gasteiger partial charge in [0.25, 0.3) is 15.9 Å². The number of hydrogen-bond donors (Lipinski definition) is 2. The van der Waals surface area contributed by atoms with Crippen molar-refractivity contribution in [1.29, 1.82) is 0 Å². The van der Waals surface area contributed by atoms with Crippen LogP contribution < -0.4 is 14.8 Å². The molecule has 0 aliphatic heterocycles. The predicted octanol–water partition coefficient (Wildman–Crippen LogP) is 3.46. The first-order chi connectivity index (χ1) is 17.6. The smallest absolute Gasteiger partial charge is 0.311 e. The van der Waals surface area contributed by atoms with E-state index in [4.69, 9.17) is 16.3 Å². The summed E-state index contributed by atoms with van der Waals surface area (Å²) in [5.74, 6) is -1.64. The molecule has 0 unspecified atom stereocenters. The molecule has 0 bridgehead atoms. The van der Waals surface area contributed by atoms with Crippen LogP contribution in [-0.2, 0) is 16.8 Å². The zero-order chi connectivity index (χ0) is 26.6. The molecule has 0 spiro atoms. The average Bonchev–Trinajstić information content (AvgIpc) is 3.34. The number of sulfonamides is 1. The standard InChI is InChI=1S/C21H15ClFN7O6S/c22-19-7-8-20(26-25-19)28-37(34,35)15-4-2-14(3-5-15)24-21(31)16-9-10-29(27-16)12-36-18-11-13(23)1-6-17(18)30(32)33/h1-11H,12H2,(H,24,31)(H,26,28). The van der Waals surface area contributed by atoms with Crippen molar-refractivity contribution in [2.45, 2.75) is 11.6 Å². The molecule has 0 saturated heterocycles. The molecule has 2 aromatic heterocycles. The van der Waals surface area contributed by atoms with Gasteiger partial charge < -0.3 is 10.1 Å². The zero-order valence-electron chi connectivity index (χ0n) is 18.4. The Morgan fingerprint density at radius 2 is 1.86 bits per heavy atom. The SMILES string of the molecule is O=C(Nc1ccc(S(=O)(=O)Nc2ccc(Cl)nn2)cc1)c1ccn(COc2cc(F)ccc2[N+](=O)[O-])n1. The lowest BCUT2D eigenvalue weighted by Crippen LogP contribution is -2.16. The second-order valence-electron chi connectivity index (χ2n) is 7.21. The Labute approximate surface area is 213 Å². The Balaban J connectivity index is 1.37. The van der Waals surface area contributed by atoms with Crippen molar-refractivity contribution < 1.29 is 27.3 Å². The van der Waals surface area contributed by atoms with Crippen LogP contribution >= 0.6 is 11.6 Å². The lowest BCUT2D eigenvalue weighted by molar-refractivity contribution is -0.386. The molecule has 0 fully saturated rings. The Hall–Kier alpha value is -4.63. The second-order valence-corrected chi connectivity index (χ2v) is 9.28. The van der Waals surface area contributed by atoms with Gasteiger partial charge in [-0.05, 0) is 48.5 Å². The second kappa shape index (κ2) is 10.5. The number of carbonyl (C=O) groups excluding carboxylic acids is 1. The normalized spacial score (nSPS) is 11.1. The number of benzene rings is 2. The highest BCUT2D eigenvalue weighted by Gasteiger charge is 2.18. The number of hydrogen-bond acceptors (Lipinski definition) is 9. The third-order valence-corrected chi connectivity index (χ3v) is 6.21. The molecule has 2 heterocycles. The number of nitro benzene ring substituents is 1. The van der Waals surface area contributed by atoms with Gasteiger partial charge in [-0.1, -0.05) is 11.6 Å². The molecule has 0 aliphatic carbocycles. The number of halogens is 2. The summed E-state index contributed by atoms with van der Waals surface area (Å²) in [7, 11) is -3.96. The summed E-state index contributed by atoms with van der Waals surface area (Å²) >= 11 is 5.63. The first kappa shape index (κ1) is 25.5. The van der Waals surface area contributed by atoms with Crippen molar-refractivity contribution in [3.63, 3.8) is 0 Å². The van der Waals surface area contributed by atoms with Crippen LogP contribution in [0.1, 0.15) is 10.5 Å². The highest BCUT2D eigenvalue weighted by Crippen LogP contribution is 2.27. The molecule has 0 saturated carbocycles. The number of amides is 1. The maximum Gasteiger partial charge on any atom is 0.311 e. The van der Waals surface area contributed by atoms with Crippen molar-refractivity contribution >= 4 is 44.7 Å². The van der Waals surface area contributed by atoms with E-state index in [2.05, 4.69) is 25.3 Å². The van der Waals surface area contributed by atoms with E-state index < -0.39 is 32.4 Å². The number of carbonyl (C=O) groups is 1. The number of aromatic nitrogens is 4. The summed E-state index contributed by atoms with van der Waals surface area (Å²) in [5, 5.41) is 24.9. The Kier molecular flexibility index (Phi) is 7.26. The first-order valence-electron chi connectivity index (χ1n) is 10.1. The Bertz CT molecular complexity index is 1560. The maximum absolute atomic E-state index is 13.4. The van der Waals surface area contributed by atoms with Crippen LogP contribution in [-0.4, -0.2) is 39.2 Å². The molecular formula is C21H15ClFN7O6S. The van der Waals surface area contributed by atoms with E-state index in [-0.39, 0.29) is 39.7 Å². The zero-order valence-corrected chi connectivity index (χ0v) is 20.0. The molecule has 190 valence electrons. The number of anilines is 2. The number of ether oxygens (including phenoxy) is 1. The molecule has 13 nitrogen and oxygen atoms in total. The van der Waals surface area contributed by atoms with E-state index >= 15 is 0 Å². The lowest BCUT2D eigenvalue weighted by atomic mass is 10.3. The van der Waals surface area contributed by atoms with E-state index in [1.807, 2.05) is 0 Å². The summed E-state index contributed by atoms with van der Waals surface area (Å²) in [6, 6.07) is 12.2. The van der Waals surface area contributed by atoms with Crippen molar-refractivity contribution in [1.82, 2.24) is 20.0 Å². The van der Waals surface area contributed by atoms with Crippen molar-refractivity contribution in [3.05, 3.63) is 93.6 Å². The van der Waals surface area contributed by atoms with Crippen LogP contribution in [0.5, 0.6) is 5.75 Å². The first-order valence-corrected chi connectivity index (χ1v) is 12.0. The van der Waals surface area contributed by atoms with E-state index in [9.17, 15) is 27.7 Å². The third kappa shape index (κ3) is 6.33. The summed E-state index contributed by atoms with van der Waals surface area (Å²) < 4.78 is 47.2. The van der Waals surface area contributed by atoms with Crippen LogP contribution in [0.25, 0.3) is 0 Å². The van der Waals surface area contributed by atoms with Crippen molar-refractivity contribution in [2.24, 2.45) is 0 Å². The number of rotatable bonds is 9. The molecule has 1 amide bonds. The van der Waals surface area contributed by atoms with E-state index in [0.717, 1.165) is 18.2 Å². The van der Waals surface area contributed by atoms with Gasteiger partial charge >= 0.3 is 5.69 Å². The van der Waals surface area contributed by atoms with Crippen LogP contribution in [0.15, 0.2) is 71.8 Å².